The van der Waals surface area contributed by atoms with Crippen LogP contribution in [0.15, 0.2) is 60.7 Å². The van der Waals surface area contributed by atoms with Crippen LogP contribution in [0.3, 0.4) is 0 Å². The van der Waals surface area contributed by atoms with Crippen LogP contribution >= 0.6 is 0 Å². The molecule has 2 N–H and O–H groups in total. The van der Waals surface area contributed by atoms with Gasteiger partial charge >= 0.3 is 0 Å². The summed E-state index contributed by atoms with van der Waals surface area (Å²) >= 11 is 0. The van der Waals surface area contributed by atoms with Crippen LogP contribution in [0.4, 0.5) is 5.69 Å². The maximum Gasteiger partial charge on any atom is 0.255 e. The third-order valence-electron chi connectivity index (χ3n) is 6.31. The highest BCUT2D eigenvalue weighted by Crippen LogP contribution is 2.31. The van der Waals surface area contributed by atoms with E-state index in [9.17, 15) is 9.90 Å². The predicted molar refractivity (Wildman–Crippen MR) is 133 cm³/mol. The Morgan fingerprint density at radius 2 is 1.64 bits per heavy atom. The second-order valence-corrected chi connectivity index (χ2v) is 8.71. The zero-order valence-corrected chi connectivity index (χ0v) is 19.4. The van der Waals surface area contributed by atoms with Crippen LogP contribution < -0.4 is 10.1 Å². The molecular weight excluding hydrogens is 412 g/mol. The minimum atomic E-state index is -0.147. The van der Waals surface area contributed by atoms with Crippen molar-refractivity contribution in [2.24, 2.45) is 0 Å². The number of amides is 1. The Balaban J connectivity index is 1.39. The van der Waals surface area contributed by atoms with E-state index in [2.05, 4.69) is 10.2 Å². The number of phenols is 1. The van der Waals surface area contributed by atoms with Crippen LogP contribution in [0.1, 0.15) is 40.7 Å². The number of nitrogens with zero attached hydrogens (tertiary/aromatic N) is 1. The van der Waals surface area contributed by atoms with Gasteiger partial charge in [-0.2, -0.15) is 0 Å². The fourth-order valence-corrected chi connectivity index (χ4v) is 4.47. The van der Waals surface area contributed by atoms with Crippen molar-refractivity contribution in [2.45, 2.75) is 33.1 Å². The van der Waals surface area contributed by atoms with Crippen molar-refractivity contribution in [3.05, 3.63) is 77.4 Å². The molecule has 0 bridgehead atoms. The quantitative estimate of drug-likeness (QED) is 0.484. The van der Waals surface area contributed by atoms with Crippen LogP contribution in [0.25, 0.3) is 11.1 Å². The fourth-order valence-electron chi connectivity index (χ4n) is 4.47. The summed E-state index contributed by atoms with van der Waals surface area (Å²) in [4.78, 5) is 15.5. The van der Waals surface area contributed by atoms with E-state index in [-0.39, 0.29) is 11.7 Å². The van der Waals surface area contributed by atoms with Gasteiger partial charge in [-0.05, 0) is 104 Å². The number of piperidine rings is 1. The fraction of sp³-hybridized carbons (Fsp3) is 0.321. The highest BCUT2D eigenvalue weighted by molar-refractivity contribution is 6.06. The van der Waals surface area contributed by atoms with Crippen molar-refractivity contribution >= 4 is 11.6 Å². The summed E-state index contributed by atoms with van der Waals surface area (Å²) in [6.45, 7) is 7.95. The molecule has 0 unspecified atom stereocenters. The molecule has 0 spiro atoms. The molecular formula is C28H32N2O3. The molecule has 4 rings (SSSR count). The number of carbonyl (C=O) groups is 1. The smallest absolute Gasteiger partial charge is 0.255 e. The van der Waals surface area contributed by atoms with Crippen molar-refractivity contribution in [3.63, 3.8) is 0 Å². The van der Waals surface area contributed by atoms with Gasteiger partial charge in [0.15, 0.2) is 0 Å². The van der Waals surface area contributed by atoms with E-state index < -0.39 is 0 Å². The molecule has 1 heterocycles. The number of ether oxygens (including phenoxy) is 1. The van der Waals surface area contributed by atoms with E-state index >= 15 is 0 Å². The summed E-state index contributed by atoms with van der Waals surface area (Å²) in [5, 5.41) is 12.6. The number of hydrogen-bond acceptors (Lipinski definition) is 4. The number of rotatable bonds is 7. The molecule has 0 saturated carbocycles. The maximum atomic E-state index is 13.0. The van der Waals surface area contributed by atoms with Gasteiger partial charge < -0.3 is 15.2 Å². The molecule has 5 nitrogen and oxygen atoms in total. The SMILES string of the molecule is Cc1ccc(C(=O)Nc2ccc(OCCN3CCCCC3)cc2)c(C)c1-c1ccc(O)cc1. The van der Waals surface area contributed by atoms with Gasteiger partial charge in [0.25, 0.3) is 5.91 Å². The molecule has 1 aliphatic rings. The maximum absolute atomic E-state index is 13.0. The molecule has 0 aliphatic carbocycles. The van der Waals surface area contributed by atoms with E-state index in [0.717, 1.165) is 40.2 Å². The lowest BCUT2D eigenvalue weighted by Crippen LogP contribution is -2.33. The lowest BCUT2D eigenvalue weighted by Gasteiger charge is -2.26. The minimum Gasteiger partial charge on any atom is -0.508 e. The Morgan fingerprint density at radius 1 is 0.939 bits per heavy atom. The first-order valence-corrected chi connectivity index (χ1v) is 11.7. The van der Waals surface area contributed by atoms with Gasteiger partial charge in [-0.1, -0.05) is 24.6 Å². The van der Waals surface area contributed by atoms with E-state index in [1.165, 1.54) is 32.4 Å². The Morgan fingerprint density at radius 3 is 2.33 bits per heavy atom. The number of aromatic hydroxyl groups is 1. The van der Waals surface area contributed by atoms with Gasteiger partial charge in [-0.3, -0.25) is 9.69 Å². The topological polar surface area (TPSA) is 61.8 Å². The monoisotopic (exact) mass is 444 g/mol. The summed E-state index contributed by atoms with van der Waals surface area (Å²) < 4.78 is 5.89. The highest BCUT2D eigenvalue weighted by atomic mass is 16.5. The molecule has 1 fully saturated rings. The molecule has 1 saturated heterocycles. The highest BCUT2D eigenvalue weighted by Gasteiger charge is 2.15. The van der Waals surface area contributed by atoms with Crippen LogP contribution in [-0.2, 0) is 0 Å². The Bertz CT molecular complexity index is 1090. The van der Waals surface area contributed by atoms with Crippen LogP contribution in [0, 0.1) is 13.8 Å². The normalized spacial score (nSPS) is 14.1. The van der Waals surface area contributed by atoms with Gasteiger partial charge in [-0.25, -0.2) is 0 Å². The number of likely N-dealkylation sites (tertiary alicyclic amines) is 1. The van der Waals surface area contributed by atoms with Gasteiger partial charge in [0, 0.05) is 17.8 Å². The molecule has 1 aliphatic heterocycles. The third kappa shape index (κ3) is 5.74. The Labute approximate surface area is 196 Å². The van der Waals surface area contributed by atoms with Crippen LogP contribution in [0.5, 0.6) is 11.5 Å². The molecule has 172 valence electrons. The number of benzene rings is 3. The second kappa shape index (κ2) is 10.5. The molecule has 3 aromatic carbocycles. The van der Waals surface area contributed by atoms with E-state index in [1.54, 1.807) is 12.1 Å². The van der Waals surface area contributed by atoms with Gasteiger partial charge in [-0.15, -0.1) is 0 Å². The van der Waals surface area contributed by atoms with E-state index in [1.807, 2.05) is 62.4 Å². The number of carbonyl (C=O) groups excluding carboxylic acids is 1. The Kier molecular flexibility index (Phi) is 7.30. The van der Waals surface area contributed by atoms with Crippen LogP contribution in [0.2, 0.25) is 0 Å². The largest absolute Gasteiger partial charge is 0.508 e. The molecule has 0 radical (unpaired) electrons. The average Bonchev–Trinajstić information content (AvgIpc) is 2.82. The number of nitrogens with one attached hydrogen (secondary N) is 1. The summed E-state index contributed by atoms with van der Waals surface area (Å²) in [6.07, 6.45) is 3.90. The van der Waals surface area contributed by atoms with Crippen LogP contribution in [-0.4, -0.2) is 42.2 Å². The van der Waals surface area contributed by atoms with Crippen molar-refractivity contribution in [1.82, 2.24) is 4.90 Å². The summed E-state index contributed by atoms with van der Waals surface area (Å²) in [5.74, 6) is 0.888. The first kappa shape index (κ1) is 22.9. The van der Waals surface area contributed by atoms with Gasteiger partial charge in [0.1, 0.15) is 18.1 Å². The van der Waals surface area contributed by atoms with Crippen molar-refractivity contribution in [3.8, 4) is 22.6 Å². The zero-order valence-electron chi connectivity index (χ0n) is 19.4. The lowest BCUT2D eigenvalue weighted by molar-refractivity contribution is 0.102. The second-order valence-electron chi connectivity index (χ2n) is 8.71. The molecule has 3 aromatic rings. The predicted octanol–water partition coefficient (Wildman–Crippen LogP) is 5.79. The molecule has 33 heavy (non-hydrogen) atoms. The average molecular weight is 445 g/mol. The molecule has 0 aromatic heterocycles. The minimum absolute atomic E-state index is 0.147. The van der Waals surface area contributed by atoms with Gasteiger partial charge in [0.05, 0.1) is 0 Å². The Hall–Kier alpha value is -3.31. The molecule has 5 heteroatoms. The molecule has 1 amide bonds. The number of anilines is 1. The zero-order chi connectivity index (χ0) is 23.2. The lowest BCUT2D eigenvalue weighted by atomic mass is 9.92. The number of aryl methyl sites for hydroxylation is 1. The van der Waals surface area contributed by atoms with E-state index in [4.69, 9.17) is 4.74 Å². The standard InChI is InChI=1S/C28H32N2O3/c1-20-6-15-26(21(2)27(20)22-7-11-24(31)12-8-22)28(32)29-23-9-13-25(14-10-23)33-19-18-30-16-4-3-5-17-30/h6-15,31H,3-5,16-19H2,1-2H3,(H,29,32). The van der Waals surface area contributed by atoms with Crippen molar-refractivity contribution in [1.29, 1.82) is 0 Å². The third-order valence-corrected chi connectivity index (χ3v) is 6.31. The van der Waals surface area contributed by atoms with Crippen molar-refractivity contribution in [2.75, 3.05) is 31.6 Å². The first-order chi connectivity index (χ1) is 16.0. The number of hydrogen-bond donors (Lipinski definition) is 2. The first-order valence-electron chi connectivity index (χ1n) is 11.7. The van der Waals surface area contributed by atoms with Crippen molar-refractivity contribution < 1.29 is 14.6 Å². The molecule has 0 atom stereocenters. The number of phenolic OH excluding ortho intramolecular Hbond substituents is 1. The summed E-state index contributed by atoms with van der Waals surface area (Å²) in [6, 6.07) is 18.4. The van der Waals surface area contributed by atoms with E-state index in [0.29, 0.717) is 12.2 Å². The van der Waals surface area contributed by atoms with Gasteiger partial charge in [0.2, 0.25) is 0 Å². The summed E-state index contributed by atoms with van der Waals surface area (Å²) in [7, 11) is 0. The summed E-state index contributed by atoms with van der Waals surface area (Å²) in [5.41, 5.74) is 5.35.